The smallest absolute Gasteiger partial charge is 0.363 e. The third-order valence-corrected chi connectivity index (χ3v) is 4.35. The normalized spacial score (nSPS) is 14.9. The number of hydrogen-bond acceptors (Lipinski definition) is 5. The molecule has 0 aromatic heterocycles. The third-order valence-electron chi connectivity index (χ3n) is 4.35. The number of carbonyl (C=O) groups is 1. The first-order valence-electron chi connectivity index (χ1n) is 8.98. The Morgan fingerprint density at radius 3 is 2.44 bits per heavy atom. The van der Waals surface area contributed by atoms with E-state index in [9.17, 15) is 4.79 Å². The van der Waals surface area contributed by atoms with Crippen LogP contribution >= 0.6 is 0 Å². The number of benzene rings is 2. The highest BCUT2D eigenvalue weighted by Gasteiger charge is 2.24. The molecule has 0 aliphatic carbocycles. The molecule has 0 saturated heterocycles. The van der Waals surface area contributed by atoms with Crippen LogP contribution in [0.2, 0.25) is 0 Å². The molecule has 0 atom stereocenters. The Labute approximate surface area is 159 Å². The van der Waals surface area contributed by atoms with Crippen LogP contribution in [0.4, 0.5) is 0 Å². The van der Waals surface area contributed by atoms with E-state index in [1.807, 2.05) is 18.2 Å². The summed E-state index contributed by atoms with van der Waals surface area (Å²) >= 11 is 0. The van der Waals surface area contributed by atoms with Gasteiger partial charge < -0.3 is 14.2 Å². The van der Waals surface area contributed by atoms with Gasteiger partial charge in [0.15, 0.2) is 17.2 Å². The molecule has 1 aliphatic heterocycles. The number of aliphatic imine (C=N–C) groups is 1. The van der Waals surface area contributed by atoms with Gasteiger partial charge in [0.2, 0.25) is 5.90 Å². The molecule has 0 spiro atoms. The molecular weight excluding hydrogens is 342 g/mol. The number of nitrogens with zero attached hydrogens (tertiary/aromatic N) is 1. The lowest BCUT2D eigenvalue weighted by molar-refractivity contribution is -0.129. The zero-order chi connectivity index (χ0) is 19.2. The Kier molecular flexibility index (Phi) is 5.91. The maximum Gasteiger partial charge on any atom is 0.363 e. The van der Waals surface area contributed by atoms with Crippen LogP contribution in [-0.2, 0) is 16.0 Å². The van der Waals surface area contributed by atoms with Crippen LogP contribution in [0.15, 0.2) is 53.2 Å². The zero-order valence-electron chi connectivity index (χ0n) is 15.8. The average molecular weight is 365 g/mol. The molecular formula is C22H23NO4. The predicted molar refractivity (Wildman–Crippen MR) is 105 cm³/mol. The van der Waals surface area contributed by atoms with Gasteiger partial charge in [-0.25, -0.2) is 9.79 Å². The van der Waals surface area contributed by atoms with Crippen LogP contribution in [0.1, 0.15) is 36.5 Å². The zero-order valence-corrected chi connectivity index (χ0v) is 15.8. The summed E-state index contributed by atoms with van der Waals surface area (Å²) in [6, 6.07) is 13.4. The van der Waals surface area contributed by atoms with Crippen molar-refractivity contribution in [2.45, 2.75) is 26.2 Å². The Morgan fingerprint density at radius 2 is 1.78 bits per heavy atom. The van der Waals surface area contributed by atoms with Gasteiger partial charge in [-0.05, 0) is 54.3 Å². The number of ether oxygens (including phenoxy) is 3. The number of aryl methyl sites for hydroxylation is 1. The van der Waals surface area contributed by atoms with Crippen LogP contribution in [0.3, 0.4) is 0 Å². The van der Waals surface area contributed by atoms with E-state index in [2.05, 4.69) is 24.0 Å². The summed E-state index contributed by atoms with van der Waals surface area (Å²) in [5.74, 6) is 1.08. The van der Waals surface area contributed by atoms with Gasteiger partial charge in [0.05, 0.1) is 14.2 Å². The Bertz CT molecular complexity index is 882. The first-order valence-corrected chi connectivity index (χ1v) is 8.98. The number of cyclic esters (lactones) is 1. The van der Waals surface area contributed by atoms with Crippen molar-refractivity contribution < 1.29 is 19.0 Å². The minimum absolute atomic E-state index is 0.257. The number of esters is 1. The van der Waals surface area contributed by atoms with Gasteiger partial charge in [-0.1, -0.05) is 31.5 Å². The highest BCUT2D eigenvalue weighted by molar-refractivity contribution is 6.12. The Morgan fingerprint density at radius 1 is 1.04 bits per heavy atom. The van der Waals surface area contributed by atoms with Crippen molar-refractivity contribution in [1.82, 2.24) is 0 Å². The monoisotopic (exact) mass is 365 g/mol. The van der Waals surface area contributed by atoms with Gasteiger partial charge in [-0.15, -0.1) is 0 Å². The van der Waals surface area contributed by atoms with Gasteiger partial charge in [-0.3, -0.25) is 0 Å². The number of carbonyl (C=O) groups excluding carboxylic acids is 1. The van der Waals surface area contributed by atoms with E-state index in [1.54, 1.807) is 32.4 Å². The second kappa shape index (κ2) is 8.54. The quantitative estimate of drug-likeness (QED) is 0.539. The van der Waals surface area contributed by atoms with Crippen molar-refractivity contribution in [2.24, 2.45) is 4.99 Å². The van der Waals surface area contributed by atoms with Crippen LogP contribution < -0.4 is 9.47 Å². The van der Waals surface area contributed by atoms with E-state index in [0.717, 1.165) is 30.4 Å². The Balaban J connectivity index is 1.82. The lowest BCUT2D eigenvalue weighted by atomic mass is 10.1. The van der Waals surface area contributed by atoms with Crippen molar-refractivity contribution >= 4 is 17.9 Å². The highest BCUT2D eigenvalue weighted by Crippen LogP contribution is 2.29. The minimum atomic E-state index is -0.463. The Hall–Kier alpha value is -3.08. The summed E-state index contributed by atoms with van der Waals surface area (Å²) in [5, 5.41) is 0. The lowest BCUT2D eigenvalue weighted by Gasteiger charge is -2.07. The number of hydrogen-bond donors (Lipinski definition) is 0. The molecule has 1 heterocycles. The van der Waals surface area contributed by atoms with Crippen molar-refractivity contribution in [2.75, 3.05) is 14.2 Å². The molecule has 0 unspecified atom stereocenters. The SMILES string of the molecule is CCCCc1ccc(C2=N/C(=C\c3ccc(OC)c(OC)c3)C(=O)O2)cc1. The van der Waals surface area contributed by atoms with E-state index in [-0.39, 0.29) is 5.70 Å². The van der Waals surface area contributed by atoms with Crippen molar-refractivity contribution in [3.63, 3.8) is 0 Å². The molecule has 0 bridgehead atoms. The summed E-state index contributed by atoms with van der Waals surface area (Å²) < 4.78 is 15.9. The predicted octanol–water partition coefficient (Wildman–Crippen LogP) is 4.39. The minimum Gasteiger partial charge on any atom is -0.493 e. The van der Waals surface area contributed by atoms with Gasteiger partial charge in [0, 0.05) is 5.56 Å². The first kappa shape index (κ1) is 18.7. The molecule has 0 fully saturated rings. The molecule has 0 radical (unpaired) electrons. The molecule has 5 heteroatoms. The maximum atomic E-state index is 12.2. The van der Waals surface area contributed by atoms with Gasteiger partial charge in [0.1, 0.15) is 0 Å². The van der Waals surface area contributed by atoms with Crippen molar-refractivity contribution in [3.8, 4) is 11.5 Å². The highest BCUT2D eigenvalue weighted by atomic mass is 16.6. The number of methoxy groups -OCH3 is 2. The first-order chi connectivity index (χ1) is 13.1. The molecule has 0 amide bonds. The fraction of sp³-hybridized carbons (Fsp3) is 0.273. The molecule has 5 nitrogen and oxygen atoms in total. The fourth-order valence-corrected chi connectivity index (χ4v) is 2.83. The second-order valence-electron chi connectivity index (χ2n) is 6.25. The molecule has 2 aromatic rings. The molecule has 140 valence electrons. The third kappa shape index (κ3) is 4.37. The van der Waals surface area contributed by atoms with Gasteiger partial charge in [-0.2, -0.15) is 0 Å². The topological polar surface area (TPSA) is 57.1 Å². The van der Waals surface area contributed by atoms with E-state index >= 15 is 0 Å². The van der Waals surface area contributed by atoms with Crippen molar-refractivity contribution in [1.29, 1.82) is 0 Å². The summed E-state index contributed by atoms with van der Waals surface area (Å²) in [4.78, 5) is 16.5. The van der Waals surface area contributed by atoms with E-state index in [0.29, 0.717) is 17.4 Å². The molecule has 2 aromatic carbocycles. The van der Waals surface area contributed by atoms with Gasteiger partial charge in [0.25, 0.3) is 0 Å². The number of unbranched alkanes of at least 4 members (excludes halogenated alkanes) is 1. The second-order valence-corrected chi connectivity index (χ2v) is 6.25. The van der Waals surface area contributed by atoms with Crippen LogP contribution in [-0.4, -0.2) is 26.1 Å². The summed E-state index contributed by atoms with van der Waals surface area (Å²) in [6.07, 6.45) is 5.05. The van der Waals surface area contributed by atoms with Gasteiger partial charge >= 0.3 is 5.97 Å². The molecule has 1 aliphatic rings. The average Bonchev–Trinajstić information content (AvgIpc) is 3.07. The summed E-state index contributed by atoms with van der Waals surface area (Å²) in [7, 11) is 3.15. The molecule has 0 N–H and O–H groups in total. The largest absolute Gasteiger partial charge is 0.493 e. The fourth-order valence-electron chi connectivity index (χ4n) is 2.83. The van der Waals surface area contributed by atoms with E-state index in [1.165, 1.54) is 5.56 Å². The molecule has 27 heavy (non-hydrogen) atoms. The summed E-state index contributed by atoms with van der Waals surface area (Å²) in [6.45, 7) is 2.17. The van der Waals surface area contributed by atoms with Crippen LogP contribution in [0.25, 0.3) is 6.08 Å². The standard InChI is InChI=1S/C22H23NO4/c1-4-5-6-15-7-10-17(11-8-15)21-23-18(22(24)27-21)13-16-9-12-19(25-2)20(14-16)26-3/h7-14H,4-6H2,1-3H3/b18-13-. The van der Waals surface area contributed by atoms with Crippen LogP contribution in [0.5, 0.6) is 11.5 Å². The number of rotatable bonds is 7. The molecule has 0 saturated carbocycles. The maximum absolute atomic E-state index is 12.2. The van der Waals surface area contributed by atoms with E-state index < -0.39 is 5.97 Å². The molecule has 3 rings (SSSR count). The van der Waals surface area contributed by atoms with Crippen LogP contribution in [0, 0.1) is 0 Å². The summed E-state index contributed by atoms with van der Waals surface area (Å²) in [5.41, 5.74) is 3.10. The van der Waals surface area contributed by atoms with Crippen molar-refractivity contribution in [3.05, 3.63) is 64.9 Å². The van der Waals surface area contributed by atoms with E-state index in [4.69, 9.17) is 14.2 Å². The lowest BCUT2D eigenvalue weighted by Crippen LogP contribution is -2.05.